The van der Waals surface area contributed by atoms with Crippen LogP contribution < -0.4 is 10.2 Å². The first-order valence-corrected chi connectivity index (χ1v) is 9.35. The third kappa shape index (κ3) is 2.27. The van der Waals surface area contributed by atoms with E-state index in [2.05, 4.69) is 44.5 Å². The predicted octanol–water partition coefficient (Wildman–Crippen LogP) is 3.88. The van der Waals surface area contributed by atoms with E-state index in [4.69, 9.17) is 0 Å². The highest BCUT2D eigenvalue weighted by molar-refractivity contribution is 5.63. The van der Waals surface area contributed by atoms with Crippen LogP contribution in [0.25, 0.3) is 0 Å². The molecule has 3 aliphatic rings. The monoisotopic (exact) mass is 320 g/mol. The average Bonchev–Trinajstić information content (AvgIpc) is 3.34. The van der Waals surface area contributed by atoms with E-state index in [1.165, 1.54) is 48.2 Å². The number of hydrogen-bond acceptors (Lipinski definition) is 4. The molecule has 1 fully saturated rings. The smallest absolute Gasteiger partial charge is 0.137 e. The van der Waals surface area contributed by atoms with Crippen molar-refractivity contribution in [3.05, 3.63) is 47.3 Å². The SMILES string of the molecule is c1ccc2c(c1)CC[C@@H]2Nc1ncnc2c1CCN2C1CCCC1. The van der Waals surface area contributed by atoms with Crippen LogP contribution in [0.15, 0.2) is 30.6 Å². The zero-order valence-electron chi connectivity index (χ0n) is 14.0. The summed E-state index contributed by atoms with van der Waals surface area (Å²) in [5, 5.41) is 3.73. The number of nitrogens with zero attached hydrogens (tertiary/aromatic N) is 3. The maximum Gasteiger partial charge on any atom is 0.137 e. The lowest BCUT2D eigenvalue weighted by molar-refractivity contribution is 0.620. The molecule has 0 bridgehead atoms. The molecule has 1 N–H and O–H groups in total. The van der Waals surface area contributed by atoms with Crippen molar-refractivity contribution in [3.63, 3.8) is 0 Å². The van der Waals surface area contributed by atoms with Crippen LogP contribution >= 0.6 is 0 Å². The highest BCUT2D eigenvalue weighted by Crippen LogP contribution is 2.39. The summed E-state index contributed by atoms with van der Waals surface area (Å²) in [6, 6.07) is 9.88. The van der Waals surface area contributed by atoms with E-state index < -0.39 is 0 Å². The van der Waals surface area contributed by atoms with Crippen LogP contribution in [0.5, 0.6) is 0 Å². The van der Waals surface area contributed by atoms with E-state index in [-0.39, 0.29) is 0 Å². The molecule has 4 nitrogen and oxygen atoms in total. The van der Waals surface area contributed by atoms with Gasteiger partial charge in [0.15, 0.2) is 0 Å². The molecule has 2 aliphatic carbocycles. The molecule has 0 unspecified atom stereocenters. The fourth-order valence-electron chi connectivity index (χ4n) is 4.79. The van der Waals surface area contributed by atoms with Crippen molar-refractivity contribution in [1.29, 1.82) is 0 Å². The first-order valence-electron chi connectivity index (χ1n) is 9.35. The fourth-order valence-corrected chi connectivity index (χ4v) is 4.79. The molecule has 1 saturated carbocycles. The Morgan fingerprint density at radius 3 is 2.79 bits per heavy atom. The molecule has 1 aliphatic heterocycles. The van der Waals surface area contributed by atoms with Crippen LogP contribution in [-0.2, 0) is 12.8 Å². The maximum atomic E-state index is 4.64. The largest absolute Gasteiger partial charge is 0.363 e. The Kier molecular flexibility index (Phi) is 3.42. The van der Waals surface area contributed by atoms with Gasteiger partial charge in [0.1, 0.15) is 18.0 Å². The molecular formula is C20H24N4. The summed E-state index contributed by atoms with van der Waals surface area (Å²) in [6.07, 6.45) is 10.5. The molecule has 0 amide bonds. The van der Waals surface area contributed by atoms with Gasteiger partial charge in [0.25, 0.3) is 0 Å². The third-order valence-electron chi connectivity index (χ3n) is 6.01. The minimum absolute atomic E-state index is 0.390. The van der Waals surface area contributed by atoms with Gasteiger partial charge in [-0.1, -0.05) is 37.1 Å². The summed E-state index contributed by atoms with van der Waals surface area (Å²) in [5.41, 5.74) is 4.25. The molecule has 1 aromatic heterocycles. The molecule has 2 heterocycles. The summed E-state index contributed by atoms with van der Waals surface area (Å²) in [5.74, 6) is 2.24. The molecule has 1 atom stereocenters. The molecule has 24 heavy (non-hydrogen) atoms. The van der Waals surface area contributed by atoms with Crippen molar-refractivity contribution in [2.45, 2.75) is 57.0 Å². The van der Waals surface area contributed by atoms with Gasteiger partial charge in [0.05, 0.1) is 6.04 Å². The molecule has 4 heteroatoms. The lowest BCUT2D eigenvalue weighted by Crippen LogP contribution is -2.31. The Balaban J connectivity index is 1.42. The standard InChI is InChI=1S/C20H24N4/c1-4-8-16-14(5-1)9-10-18(16)23-19-17-11-12-24(15-6-2-3-7-15)20(17)22-13-21-19/h1,4-5,8,13,15,18H,2-3,6-7,9-12H2,(H,21,22,23)/t18-/m0/s1. The molecule has 5 rings (SSSR count). The normalized spacial score (nSPS) is 22.7. The Bertz CT molecular complexity index is 751. The van der Waals surface area contributed by atoms with Gasteiger partial charge < -0.3 is 10.2 Å². The maximum absolute atomic E-state index is 4.64. The van der Waals surface area contributed by atoms with Crippen molar-refractivity contribution >= 4 is 11.6 Å². The number of fused-ring (bicyclic) bond motifs is 2. The van der Waals surface area contributed by atoms with E-state index in [9.17, 15) is 0 Å². The second-order valence-corrected chi connectivity index (χ2v) is 7.34. The Morgan fingerprint density at radius 2 is 1.88 bits per heavy atom. The van der Waals surface area contributed by atoms with E-state index in [1.54, 1.807) is 6.33 Å². The first kappa shape index (κ1) is 14.3. The van der Waals surface area contributed by atoms with Crippen LogP contribution in [0.1, 0.15) is 54.8 Å². The van der Waals surface area contributed by atoms with E-state index in [0.29, 0.717) is 12.1 Å². The summed E-state index contributed by atoms with van der Waals surface area (Å²) < 4.78 is 0. The number of hydrogen-bond donors (Lipinski definition) is 1. The first-order chi connectivity index (χ1) is 11.9. The molecule has 0 saturated heterocycles. The minimum atomic E-state index is 0.390. The number of aromatic nitrogens is 2. The number of aryl methyl sites for hydroxylation is 1. The zero-order valence-corrected chi connectivity index (χ0v) is 14.0. The zero-order chi connectivity index (χ0) is 15.9. The molecular weight excluding hydrogens is 296 g/mol. The molecule has 0 spiro atoms. The van der Waals surface area contributed by atoms with Gasteiger partial charge in [0, 0.05) is 18.2 Å². The van der Waals surface area contributed by atoms with Gasteiger partial charge in [-0.3, -0.25) is 0 Å². The van der Waals surface area contributed by atoms with E-state index >= 15 is 0 Å². The van der Waals surface area contributed by atoms with Gasteiger partial charge in [-0.25, -0.2) is 9.97 Å². The van der Waals surface area contributed by atoms with Gasteiger partial charge in [-0.15, -0.1) is 0 Å². The Labute approximate surface area is 143 Å². The second kappa shape index (κ2) is 5.76. The Hall–Kier alpha value is -2.10. The minimum Gasteiger partial charge on any atom is -0.363 e. The molecule has 0 radical (unpaired) electrons. The van der Waals surface area contributed by atoms with Gasteiger partial charge in [0.2, 0.25) is 0 Å². The lowest BCUT2D eigenvalue weighted by atomic mass is 10.1. The lowest BCUT2D eigenvalue weighted by Gasteiger charge is -2.25. The van der Waals surface area contributed by atoms with Crippen molar-refractivity contribution in [1.82, 2.24) is 9.97 Å². The van der Waals surface area contributed by atoms with Gasteiger partial charge >= 0.3 is 0 Å². The summed E-state index contributed by atoms with van der Waals surface area (Å²) in [7, 11) is 0. The van der Waals surface area contributed by atoms with Crippen molar-refractivity contribution in [2.24, 2.45) is 0 Å². The Morgan fingerprint density at radius 1 is 1.00 bits per heavy atom. The average molecular weight is 320 g/mol. The summed E-state index contributed by atoms with van der Waals surface area (Å²) in [6.45, 7) is 1.11. The van der Waals surface area contributed by atoms with Crippen LogP contribution in [0, 0.1) is 0 Å². The summed E-state index contributed by atoms with van der Waals surface area (Å²) in [4.78, 5) is 11.8. The number of anilines is 2. The van der Waals surface area contributed by atoms with Crippen LogP contribution in [-0.4, -0.2) is 22.6 Å². The topological polar surface area (TPSA) is 41.1 Å². The van der Waals surface area contributed by atoms with Crippen LogP contribution in [0.4, 0.5) is 11.6 Å². The predicted molar refractivity (Wildman–Crippen MR) is 96.5 cm³/mol. The molecule has 1 aromatic carbocycles. The van der Waals surface area contributed by atoms with Crippen molar-refractivity contribution in [3.8, 4) is 0 Å². The van der Waals surface area contributed by atoms with Crippen molar-refractivity contribution in [2.75, 3.05) is 16.8 Å². The fraction of sp³-hybridized carbons (Fsp3) is 0.500. The summed E-state index contributed by atoms with van der Waals surface area (Å²) >= 11 is 0. The highest BCUT2D eigenvalue weighted by Gasteiger charge is 2.32. The van der Waals surface area contributed by atoms with Gasteiger partial charge in [-0.2, -0.15) is 0 Å². The number of benzene rings is 1. The third-order valence-corrected chi connectivity index (χ3v) is 6.01. The molecule has 124 valence electrons. The number of rotatable bonds is 3. The van der Waals surface area contributed by atoms with Crippen molar-refractivity contribution < 1.29 is 0 Å². The highest BCUT2D eigenvalue weighted by atomic mass is 15.2. The quantitative estimate of drug-likeness (QED) is 0.932. The molecule has 2 aromatic rings. The van der Waals surface area contributed by atoms with Crippen LogP contribution in [0.3, 0.4) is 0 Å². The second-order valence-electron chi connectivity index (χ2n) is 7.34. The van der Waals surface area contributed by atoms with E-state index in [0.717, 1.165) is 31.6 Å². The van der Waals surface area contributed by atoms with E-state index in [1.807, 2.05) is 0 Å². The van der Waals surface area contributed by atoms with Gasteiger partial charge in [-0.05, 0) is 43.2 Å². The number of nitrogens with one attached hydrogen (secondary N) is 1. The van der Waals surface area contributed by atoms with Crippen LogP contribution in [0.2, 0.25) is 0 Å².